The van der Waals surface area contributed by atoms with Gasteiger partial charge in [-0.25, -0.2) is 0 Å². The zero-order valence-corrected chi connectivity index (χ0v) is 9.64. The monoisotopic (exact) mass is 218 g/mol. The second-order valence-corrected chi connectivity index (χ2v) is 3.73. The Balaban J connectivity index is 1.89. The molecule has 17 heavy (non-hydrogen) atoms. The molecule has 0 nitrogen and oxygen atoms in total. The Morgan fingerprint density at radius 2 is 1.47 bits per heavy atom. The topological polar surface area (TPSA) is 0 Å². The summed E-state index contributed by atoms with van der Waals surface area (Å²) < 4.78 is 0. The van der Waals surface area contributed by atoms with Gasteiger partial charge < -0.3 is 0 Å². The Morgan fingerprint density at radius 1 is 0.824 bits per heavy atom. The van der Waals surface area contributed by atoms with E-state index < -0.39 is 0 Å². The van der Waals surface area contributed by atoms with Crippen LogP contribution in [0.1, 0.15) is 11.1 Å². The van der Waals surface area contributed by atoms with Crippen molar-refractivity contribution in [3.8, 4) is 11.8 Å². The van der Waals surface area contributed by atoms with Gasteiger partial charge in [0, 0.05) is 5.56 Å². The number of benzene rings is 2. The molecule has 0 aliphatic heterocycles. The second-order valence-electron chi connectivity index (χ2n) is 3.73. The van der Waals surface area contributed by atoms with Crippen LogP contribution in [0.25, 0.3) is 0 Å². The minimum Gasteiger partial charge on any atom is -0.0717 e. The lowest BCUT2D eigenvalue weighted by Crippen LogP contribution is -1.77. The van der Waals surface area contributed by atoms with E-state index in [0.29, 0.717) is 0 Å². The van der Waals surface area contributed by atoms with E-state index in [1.165, 1.54) is 5.56 Å². The fraction of sp³-hybridized carbons (Fsp3) is 0.0588. The maximum atomic E-state index is 3.09. The first-order valence-corrected chi connectivity index (χ1v) is 5.71. The standard InChI is InChI=1S/C17H14/c1-4-10-16(11-5-1)14-8-3-9-15-17-12-6-2-7-13-17/h1-8,10-13H,14H2/b8-3-. The Kier molecular flexibility index (Phi) is 4.20. The third-order valence-electron chi connectivity index (χ3n) is 2.39. The molecule has 0 aromatic heterocycles. The first-order valence-electron chi connectivity index (χ1n) is 5.71. The van der Waals surface area contributed by atoms with Gasteiger partial charge in [0.1, 0.15) is 0 Å². The summed E-state index contributed by atoms with van der Waals surface area (Å²) in [6.45, 7) is 0. The molecule has 0 heteroatoms. The largest absolute Gasteiger partial charge is 0.0717 e. The highest BCUT2D eigenvalue weighted by molar-refractivity contribution is 5.36. The summed E-state index contributed by atoms with van der Waals surface area (Å²) in [6.07, 6.45) is 4.94. The fourth-order valence-electron chi connectivity index (χ4n) is 1.51. The van der Waals surface area contributed by atoms with Gasteiger partial charge in [0.05, 0.1) is 0 Å². The lowest BCUT2D eigenvalue weighted by atomic mass is 10.1. The zero-order valence-electron chi connectivity index (χ0n) is 9.64. The molecule has 2 aromatic rings. The Morgan fingerprint density at radius 3 is 2.18 bits per heavy atom. The molecule has 0 spiro atoms. The molecular weight excluding hydrogens is 204 g/mol. The first kappa shape index (κ1) is 11.2. The molecule has 0 saturated heterocycles. The molecule has 0 saturated carbocycles. The number of hydrogen-bond donors (Lipinski definition) is 0. The van der Waals surface area contributed by atoms with E-state index in [1.807, 2.05) is 42.5 Å². The highest BCUT2D eigenvalue weighted by Crippen LogP contribution is 2.00. The van der Waals surface area contributed by atoms with Gasteiger partial charge in [0.2, 0.25) is 0 Å². The molecule has 2 rings (SSSR count). The lowest BCUT2D eigenvalue weighted by molar-refractivity contribution is 1.27. The summed E-state index contributed by atoms with van der Waals surface area (Å²) in [5.74, 6) is 6.14. The first-order chi connectivity index (χ1) is 8.45. The van der Waals surface area contributed by atoms with Crippen molar-refractivity contribution < 1.29 is 0 Å². The second kappa shape index (κ2) is 6.35. The van der Waals surface area contributed by atoms with E-state index in [2.05, 4.69) is 42.2 Å². The van der Waals surface area contributed by atoms with Crippen molar-refractivity contribution in [3.63, 3.8) is 0 Å². The summed E-state index contributed by atoms with van der Waals surface area (Å²) in [7, 11) is 0. The summed E-state index contributed by atoms with van der Waals surface area (Å²) in [6, 6.07) is 20.4. The normalized spacial score (nSPS) is 9.88. The molecule has 0 unspecified atom stereocenters. The van der Waals surface area contributed by atoms with E-state index in [1.54, 1.807) is 0 Å². The molecule has 0 amide bonds. The average molecular weight is 218 g/mol. The predicted molar refractivity (Wildman–Crippen MR) is 72.6 cm³/mol. The molecule has 0 radical (unpaired) electrons. The predicted octanol–water partition coefficient (Wildman–Crippen LogP) is 3.84. The number of hydrogen-bond acceptors (Lipinski definition) is 0. The lowest BCUT2D eigenvalue weighted by Gasteiger charge is -1.92. The van der Waals surface area contributed by atoms with Crippen molar-refractivity contribution in [1.29, 1.82) is 0 Å². The highest BCUT2D eigenvalue weighted by Gasteiger charge is 1.84. The van der Waals surface area contributed by atoms with Gasteiger partial charge in [-0.3, -0.25) is 0 Å². The molecular formula is C17H14. The summed E-state index contributed by atoms with van der Waals surface area (Å²) in [5, 5.41) is 0. The van der Waals surface area contributed by atoms with Crippen LogP contribution in [0.15, 0.2) is 72.8 Å². The van der Waals surface area contributed by atoms with E-state index in [-0.39, 0.29) is 0 Å². The Hall–Kier alpha value is -2.26. The van der Waals surface area contributed by atoms with Gasteiger partial charge in [-0.2, -0.15) is 0 Å². The van der Waals surface area contributed by atoms with Gasteiger partial charge in [-0.05, 0) is 30.2 Å². The van der Waals surface area contributed by atoms with Crippen molar-refractivity contribution in [3.05, 3.63) is 83.9 Å². The van der Waals surface area contributed by atoms with Crippen LogP contribution in [-0.2, 0) is 6.42 Å². The van der Waals surface area contributed by atoms with Crippen LogP contribution in [0.2, 0.25) is 0 Å². The van der Waals surface area contributed by atoms with Crippen molar-refractivity contribution in [2.24, 2.45) is 0 Å². The molecule has 0 bridgehead atoms. The average Bonchev–Trinajstić information content (AvgIpc) is 2.41. The molecule has 0 heterocycles. The van der Waals surface area contributed by atoms with Gasteiger partial charge >= 0.3 is 0 Å². The minimum absolute atomic E-state index is 0.935. The fourth-order valence-corrected chi connectivity index (χ4v) is 1.51. The van der Waals surface area contributed by atoms with Gasteiger partial charge in [-0.1, -0.05) is 66.4 Å². The van der Waals surface area contributed by atoms with Crippen LogP contribution in [0, 0.1) is 11.8 Å². The number of rotatable bonds is 2. The Labute approximate surface area is 103 Å². The summed E-state index contributed by atoms with van der Waals surface area (Å²) in [5.41, 5.74) is 2.36. The minimum atomic E-state index is 0.935. The van der Waals surface area contributed by atoms with Crippen LogP contribution in [-0.4, -0.2) is 0 Å². The molecule has 0 aliphatic carbocycles. The van der Waals surface area contributed by atoms with Gasteiger partial charge in [-0.15, -0.1) is 0 Å². The van der Waals surface area contributed by atoms with Crippen LogP contribution >= 0.6 is 0 Å². The van der Waals surface area contributed by atoms with Crippen LogP contribution in [0.3, 0.4) is 0 Å². The van der Waals surface area contributed by atoms with Crippen LogP contribution in [0.4, 0.5) is 0 Å². The van der Waals surface area contributed by atoms with Crippen molar-refractivity contribution in [1.82, 2.24) is 0 Å². The van der Waals surface area contributed by atoms with Crippen molar-refractivity contribution in [2.75, 3.05) is 0 Å². The molecule has 0 fully saturated rings. The van der Waals surface area contributed by atoms with Gasteiger partial charge in [0.25, 0.3) is 0 Å². The third-order valence-corrected chi connectivity index (χ3v) is 2.39. The molecule has 0 aliphatic rings. The van der Waals surface area contributed by atoms with Crippen molar-refractivity contribution in [2.45, 2.75) is 6.42 Å². The maximum absolute atomic E-state index is 3.09. The highest BCUT2D eigenvalue weighted by atomic mass is 13.9. The van der Waals surface area contributed by atoms with E-state index in [9.17, 15) is 0 Å². The van der Waals surface area contributed by atoms with Gasteiger partial charge in [0.15, 0.2) is 0 Å². The SMILES string of the molecule is C(#Cc1ccccc1)/C=C\Cc1ccccc1. The smallest absolute Gasteiger partial charge is 0.0248 e. The van der Waals surface area contributed by atoms with Crippen LogP contribution in [0.5, 0.6) is 0 Å². The summed E-state index contributed by atoms with van der Waals surface area (Å²) >= 11 is 0. The maximum Gasteiger partial charge on any atom is 0.0248 e. The van der Waals surface area contributed by atoms with E-state index in [0.717, 1.165) is 12.0 Å². The molecule has 0 N–H and O–H groups in total. The molecule has 82 valence electrons. The Bertz CT molecular complexity index is 525. The van der Waals surface area contributed by atoms with E-state index in [4.69, 9.17) is 0 Å². The molecule has 0 atom stereocenters. The third kappa shape index (κ3) is 4.01. The quantitative estimate of drug-likeness (QED) is 0.672. The van der Waals surface area contributed by atoms with Crippen molar-refractivity contribution >= 4 is 0 Å². The summed E-state index contributed by atoms with van der Waals surface area (Å²) in [4.78, 5) is 0. The zero-order chi connectivity index (χ0) is 11.8. The molecule has 2 aromatic carbocycles. The van der Waals surface area contributed by atoms with Crippen LogP contribution < -0.4 is 0 Å². The number of allylic oxidation sites excluding steroid dienone is 2. The van der Waals surface area contributed by atoms with E-state index >= 15 is 0 Å².